The molecule has 2 atom stereocenters. The Bertz CT molecular complexity index is 993. The van der Waals surface area contributed by atoms with Crippen LogP contribution in [0.4, 0.5) is 0 Å². The van der Waals surface area contributed by atoms with Crippen LogP contribution in [0.15, 0.2) is 42.5 Å². The molecule has 0 amide bonds. The molecule has 1 heterocycles. The van der Waals surface area contributed by atoms with Gasteiger partial charge in [0.05, 0.1) is 12.4 Å². The summed E-state index contributed by atoms with van der Waals surface area (Å²) in [5.41, 5.74) is 2.88. The summed E-state index contributed by atoms with van der Waals surface area (Å²) in [6.45, 7) is 14.7. The van der Waals surface area contributed by atoms with E-state index in [9.17, 15) is 9.90 Å². The molecule has 2 N–H and O–H groups in total. The zero-order chi connectivity index (χ0) is 25.3. The summed E-state index contributed by atoms with van der Waals surface area (Å²) in [7, 11) is 0. The van der Waals surface area contributed by atoms with Gasteiger partial charge in [-0.25, -0.2) is 0 Å². The molecule has 34 heavy (non-hydrogen) atoms. The number of nitrogens with zero attached hydrogens (tertiary/aromatic N) is 1. The molecule has 2 aromatic carbocycles. The lowest BCUT2D eigenvalue weighted by Crippen LogP contribution is -2.39. The molecule has 1 fully saturated rings. The fourth-order valence-electron chi connectivity index (χ4n) is 5.08. The Balaban J connectivity index is 1.94. The topological polar surface area (TPSA) is 64.4 Å². The van der Waals surface area contributed by atoms with Crippen LogP contribution in [0.2, 0.25) is 0 Å². The van der Waals surface area contributed by atoms with Gasteiger partial charge < -0.3 is 10.0 Å². The van der Waals surface area contributed by atoms with Crippen molar-refractivity contribution in [3.63, 3.8) is 0 Å². The maximum absolute atomic E-state index is 13.7. The Morgan fingerprint density at radius 3 is 2.09 bits per heavy atom. The van der Waals surface area contributed by atoms with Crippen LogP contribution in [0, 0.1) is 11.3 Å². The number of hydrogen-bond acceptors (Lipinski definition) is 3. The number of likely N-dealkylation sites (tertiary alicyclic amines) is 1. The van der Waals surface area contributed by atoms with Gasteiger partial charge in [-0.05, 0) is 47.8 Å². The molecule has 0 saturated carbocycles. The Labute approximate surface area is 205 Å². The van der Waals surface area contributed by atoms with Crippen molar-refractivity contribution in [1.29, 1.82) is 5.41 Å². The molecule has 0 unspecified atom stereocenters. The number of phenolic OH excluding ortho intramolecular Hbond substituents is 1. The van der Waals surface area contributed by atoms with Crippen LogP contribution in [0.25, 0.3) is 0 Å². The highest BCUT2D eigenvalue weighted by Gasteiger charge is 2.37. The van der Waals surface area contributed by atoms with Gasteiger partial charge in [0, 0.05) is 28.7 Å². The van der Waals surface area contributed by atoms with Crippen molar-refractivity contribution >= 4 is 11.6 Å². The Morgan fingerprint density at radius 2 is 1.59 bits per heavy atom. The van der Waals surface area contributed by atoms with Crippen LogP contribution in [0.5, 0.6) is 5.75 Å². The summed E-state index contributed by atoms with van der Waals surface area (Å²) in [4.78, 5) is 15.7. The van der Waals surface area contributed by atoms with Crippen LogP contribution in [-0.4, -0.2) is 34.2 Å². The van der Waals surface area contributed by atoms with E-state index in [-0.39, 0.29) is 40.9 Å². The number of rotatable bonds is 7. The summed E-state index contributed by atoms with van der Waals surface area (Å²) in [5.74, 6) is 1.11. The average molecular weight is 463 g/mol. The molecule has 184 valence electrons. The zero-order valence-corrected chi connectivity index (χ0v) is 22.0. The molecule has 0 bridgehead atoms. The third-order valence-corrected chi connectivity index (χ3v) is 7.01. The highest BCUT2D eigenvalue weighted by molar-refractivity contribution is 6.01. The van der Waals surface area contributed by atoms with Crippen LogP contribution >= 0.6 is 0 Å². The number of amidine groups is 1. The normalized spacial score (nSPS) is 19.0. The standard InChI is InChI=1S/C30H42N2O2/c1-8-12-21-16-23(15-20-13-10-9-11-14-20)32(28(21)31)19-26(33)22-17-24(29(2,3)4)27(34)25(18-22)30(5,6)7/h9-11,13-14,17-18,21,23,31,34H,8,12,15-16,19H2,1-7H3/t21-,23-/m0/s1. The van der Waals surface area contributed by atoms with Gasteiger partial charge in [0.1, 0.15) is 5.75 Å². The smallest absolute Gasteiger partial charge is 0.182 e. The molecule has 3 rings (SSSR count). The van der Waals surface area contributed by atoms with Gasteiger partial charge in [-0.2, -0.15) is 0 Å². The van der Waals surface area contributed by atoms with Gasteiger partial charge >= 0.3 is 0 Å². The molecule has 1 aliphatic heterocycles. The monoisotopic (exact) mass is 462 g/mol. The maximum atomic E-state index is 13.7. The predicted molar refractivity (Wildman–Crippen MR) is 141 cm³/mol. The second-order valence-corrected chi connectivity index (χ2v) is 11.9. The third kappa shape index (κ3) is 5.71. The van der Waals surface area contributed by atoms with E-state index in [2.05, 4.69) is 60.6 Å². The lowest BCUT2D eigenvalue weighted by Gasteiger charge is -2.29. The fourth-order valence-corrected chi connectivity index (χ4v) is 5.08. The minimum atomic E-state index is -0.289. The van der Waals surface area contributed by atoms with Gasteiger partial charge in [-0.15, -0.1) is 0 Å². The SMILES string of the molecule is CCC[C@H]1C[C@H](Cc2ccccc2)N(CC(=O)c2cc(C(C)(C)C)c(O)c(C(C)(C)C)c2)C1=N. The first-order valence-electron chi connectivity index (χ1n) is 12.6. The van der Waals surface area contributed by atoms with Crippen molar-refractivity contribution in [3.8, 4) is 5.75 Å². The summed E-state index contributed by atoms with van der Waals surface area (Å²) < 4.78 is 0. The first-order chi connectivity index (χ1) is 15.8. The first kappa shape index (κ1) is 26.0. The molecule has 1 saturated heterocycles. The summed E-state index contributed by atoms with van der Waals surface area (Å²) in [5, 5.41) is 19.9. The summed E-state index contributed by atoms with van der Waals surface area (Å²) >= 11 is 0. The van der Waals surface area contributed by atoms with E-state index in [1.165, 1.54) is 5.56 Å². The average Bonchev–Trinajstić information content (AvgIpc) is 3.02. The van der Waals surface area contributed by atoms with E-state index in [0.29, 0.717) is 11.4 Å². The molecular formula is C30H42N2O2. The predicted octanol–water partition coefficient (Wildman–Crippen LogP) is 6.88. The number of aromatic hydroxyl groups is 1. The lowest BCUT2D eigenvalue weighted by molar-refractivity contribution is 0.0951. The Hall–Kier alpha value is -2.62. The molecule has 2 aromatic rings. The number of carbonyl (C=O) groups is 1. The van der Waals surface area contributed by atoms with Crippen LogP contribution in [0.3, 0.4) is 0 Å². The van der Waals surface area contributed by atoms with Crippen molar-refractivity contribution in [2.75, 3.05) is 6.54 Å². The van der Waals surface area contributed by atoms with Gasteiger partial charge in [0.25, 0.3) is 0 Å². The van der Waals surface area contributed by atoms with Crippen LogP contribution < -0.4 is 0 Å². The highest BCUT2D eigenvalue weighted by Crippen LogP contribution is 2.40. The lowest BCUT2D eigenvalue weighted by atomic mass is 9.78. The molecule has 0 spiro atoms. The van der Waals surface area contributed by atoms with E-state index in [1.54, 1.807) is 0 Å². The third-order valence-electron chi connectivity index (χ3n) is 7.01. The van der Waals surface area contributed by atoms with E-state index < -0.39 is 0 Å². The van der Waals surface area contributed by atoms with Crippen molar-refractivity contribution in [3.05, 3.63) is 64.7 Å². The van der Waals surface area contributed by atoms with Gasteiger partial charge in [-0.3, -0.25) is 10.2 Å². The highest BCUT2D eigenvalue weighted by atomic mass is 16.3. The number of Topliss-reactive ketones (excluding diaryl/α,β-unsaturated/α-hetero) is 1. The second-order valence-electron chi connectivity index (χ2n) is 11.9. The summed E-state index contributed by atoms with van der Waals surface area (Å²) in [6, 6.07) is 14.2. The minimum absolute atomic E-state index is 0.0101. The minimum Gasteiger partial charge on any atom is -0.507 e. The van der Waals surface area contributed by atoms with Crippen LogP contribution in [-0.2, 0) is 17.3 Å². The Morgan fingerprint density at radius 1 is 1.03 bits per heavy atom. The number of phenols is 1. The second kappa shape index (κ2) is 9.93. The molecule has 0 aliphatic carbocycles. The van der Waals surface area contributed by atoms with E-state index in [1.807, 2.05) is 35.2 Å². The molecular weight excluding hydrogens is 420 g/mol. The van der Waals surface area contributed by atoms with Gasteiger partial charge in [0.15, 0.2) is 5.78 Å². The summed E-state index contributed by atoms with van der Waals surface area (Å²) in [6.07, 6.45) is 3.78. The van der Waals surface area contributed by atoms with E-state index >= 15 is 0 Å². The zero-order valence-electron chi connectivity index (χ0n) is 22.0. The van der Waals surface area contributed by atoms with Crippen molar-refractivity contribution in [2.24, 2.45) is 5.92 Å². The largest absolute Gasteiger partial charge is 0.507 e. The number of nitrogens with one attached hydrogen (secondary N) is 1. The quantitative estimate of drug-likeness (QED) is 0.441. The molecule has 0 radical (unpaired) electrons. The van der Waals surface area contributed by atoms with Crippen LogP contribution in [0.1, 0.15) is 94.8 Å². The maximum Gasteiger partial charge on any atom is 0.182 e. The van der Waals surface area contributed by atoms with E-state index in [4.69, 9.17) is 5.41 Å². The van der Waals surface area contributed by atoms with Crippen molar-refractivity contribution in [2.45, 2.75) is 91.0 Å². The number of ketones is 1. The van der Waals surface area contributed by atoms with Gasteiger partial charge in [0.2, 0.25) is 0 Å². The Kier molecular flexibility index (Phi) is 7.59. The number of hydrogen-bond donors (Lipinski definition) is 2. The first-order valence-corrected chi connectivity index (χ1v) is 12.6. The number of carbonyl (C=O) groups excluding carboxylic acids is 1. The van der Waals surface area contributed by atoms with Gasteiger partial charge in [-0.1, -0.05) is 85.2 Å². The van der Waals surface area contributed by atoms with Crippen molar-refractivity contribution < 1.29 is 9.90 Å². The molecule has 0 aromatic heterocycles. The molecule has 4 heteroatoms. The van der Waals surface area contributed by atoms with E-state index in [0.717, 1.165) is 36.8 Å². The van der Waals surface area contributed by atoms with Crippen molar-refractivity contribution in [1.82, 2.24) is 4.90 Å². The molecule has 4 nitrogen and oxygen atoms in total. The fraction of sp³-hybridized carbons (Fsp3) is 0.533. The molecule has 1 aliphatic rings. The number of benzene rings is 2.